The van der Waals surface area contributed by atoms with Crippen LogP contribution in [0, 0.1) is 0 Å². The number of methoxy groups -OCH3 is 1. The summed E-state index contributed by atoms with van der Waals surface area (Å²) in [5.74, 6) is 0.473. The monoisotopic (exact) mass is 367 g/mol. The number of pyridine rings is 1. The molecular formula is C17H17N7O3. The van der Waals surface area contributed by atoms with Crippen LogP contribution in [0.15, 0.2) is 30.6 Å². The molecule has 4 rings (SSSR count). The van der Waals surface area contributed by atoms with Crippen molar-refractivity contribution in [1.82, 2.24) is 34.8 Å². The predicted octanol–water partition coefficient (Wildman–Crippen LogP) is 0.435. The van der Waals surface area contributed by atoms with Crippen molar-refractivity contribution >= 4 is 11.9 Å². The summed E-state index contributed by atoms with van der Waals surface area (Å²) < 4.78 is 6.42. The third-order valence-electron chi connectivity index (χ3n) is 4.33. The lowest BCUT2D eigenvalue weighted by Crippen LogP contribution is -2.39. The third-order valence-corrected chi connectivity index (χ3v) is 4.33. The van der Waals surface area contributed by atoms with Crippen molar-refractivity contribution in [2.75, 3.05) is 13.7 Å². The Hall–Kier alpha value is -3.56. The molecule has 3 aromatic rings. The second-order valence-corrected chi connectivity index (χ2v) is 6.07. The Labute approximate surface area is 154 Å². The molecule has 10 heteroatoms. The topological polar surface area (TPSA) is 119 Å². The van der Waals surface area contributed by atoms with Crippen molar-refractivity contribution in [1.29, 1.82) is 0 Å². The van der Waals surface area contributed by atoms with E-state index in [1.807, 2.05) is 0 Å². The van der Waals surface area contributed by atoms with Crippen LogP contribution in [0.25, 0.3) is 11.4 Å². The number of esters is 1. The van der Waals surface area contributed by atoms with Gasteiger partial charge in [-0.1, -0.05) is 0 Å². The molecule has 4 heterocycles. The van der Waals surface area contributed by atoms with Gasteiger partial charge in [-0.25, -0.2) is 9.78 Å². The van der Waals surface area contributed by atoms with Gasteiger partial charge in [0.15, 0.2) is 11.5 Å². The second kappa shape index (κ2) is 6.98. The molecule has 1 aliphatic heterocycles. The van der Waals surface area contributed by atoms with E-state index < -0.39 is 5.97 Å². The van der Waals surface area contributed by atoms with Crippen LogP contribution in [-0.2, 0) is 29.0 Å². The van der Waals surface area contributed by atoms with Gasteiger partial charge < -0.3 is 9.64 Å². The Bertz CT molecular complexity index is 980. The number of ether oxygens (including phenoxy) is 1. The quantitative estimate of drug-likeness (QED) is 0.664. The highest BCUT2D eigenvalue weighted by Crippen LogP contribution is 2.16. The molecule has 0 unspecified atom stereocenters. The van der Waals surface area contributed by atoms with Crippen molar-refractivity contribution < 1.29 is 14.3 Å². The number of carbonyl (C=O) groups is 2. The van der Waals surface area contributed by atoms with Crippen LogP contribution in [-0.4, -0.2) is 60.4 Å². The zero-order valence-corrected chi connectivity index (χ0v) is 14.6. The molecule has 0 fully saturated rings. The van der Waals surface area contributed by atoms with Gasteiger partial charge in [-0.15, -0.1) is 0 Å². The van der Waals surface area contributed by atoms with Crippen LogP contribution in [0.3, 0.4) is 0 Å². The number of carbonyl (C=O) groups excluding carboxylic acids is 2. The van der Waals surface area contributed by atoms with E-state index in [9.17, 15) is 9.59 Å². The van der Waals surface area contributed by atoms with Crippen LogP contribution < -0.4 is 0 Å². The zero-order chi connectivity index (χ0) is 18.8. The fourth-order valence-corrected chi connectivity index (χ4v) is 2.94. The van der Waals surface area contributed by atoms with Crippen LogP contribution >= 0.6 is 0 Å². The highest BCUT2D eigenvalue weighted by molar-refractivity contribution is 5.87. The third kappa shape index (κ3) is 3.41. The van der Waals surface area contributed by atoms with E-state index in [2.05, 4.69) is 30.0 Å². The maximum atomic E-state index is 12.6. The SMILES string of the molecule is COC(=O)c1cc2n(n1)CCN(C(=O)Cc1nc(-c3ccncc3)n[nH]1)C2. The van der Waals surface area contributed by atoms with Gasteiger partial charge in [0.25, 0.3) is 0 Å². The van der Waals surface area contributed by atoms with E-state index in [0.29, 0.717) is 31.3 Å². The molecule has 0 aliphatic carbocycles. The van der Waals surface area contributed by atoms with Crippen LogP contribution in [0.1, 0.15) is 22.0 Å². The first-order valence-corrected chi connectivity index (χ1v) is 8.38. The molecule has 0 spiro atoms. The maximum Gasteiger partial charge on any atom is 0.358 e. The summed E-state index contributed by atoms with van der Waals surface area (Å²) in [5, 5.41) is 11.2. The normalized spacial score (nSPS) is 13.3. The summed E-state index contributed by atoms with van der Waals surface area (Å²) >= 11 is 0. The Kier molecular flexibility index (Phi) is 4.37. The Morgan fingerprint density at radius 1 is 1.26 bits per heavy atom. The summed E-state index contributed by atoms with van der Waals surface area (Å²) in [6, 6.07) is 5.26. The van der Waals surface area contributed by atoms with Gasteiger partial charge in [-0.05, 0) is 18.2 Å². The number of H-pyrrole nitrogens is 1. The smallest absolute Gasteiger partial charge is 0.358 e. The average molecular weight is 367 g/mol. The second-order valence-electron chi connectivity index (χ2n) is 6.07. The lowest BCUT2D eigenvalue weighted by molar-refractivity contribution is -0.132. The van der Waals surface area contributed by atoms with Crippen molar-refractivity contribution in [3.63, 3.8) is 0 Å². The number of fused-ring (bicyclic) bond motifs is 1. The minimum absolute atomic E-state index is 0.0699. The molecule has 0 atom stereocenters. The van der Waals surface area contributed by atoms with Crippen molar-refractivity contribution in [3.8, 4) is 11.4 Å². The van der Waals surface area contributed by atoms with Crippen molar-refractivity contribution in [3.05, 3.63) is 47.8 Å². The molecule has 0 saturated carbocycles. The van der Waals surface area contributed by atoms with Gasteiger partial charge in [0.2, 0.25) is 5.91 Å². The van der Waals surface area contributed by atoms with E-state index >= 15 is 0 Å². The van der Waals surface area contributed by atoms with Crippen LogP contribution in [0.5, 0.6) is 0 Å². The number of aromatic nitrogens is 6. The average Bonchev–Trinajstić information content (AvgIpc) is 3.34. The van der Waals surface area contributed by atoms with E-state index in [-0.39, 0.29) is 18.0 Å². The van der Waals surface area contributed by atoms with Gasteiger partial charge in [0.1, 0.15) is 5.82 Å². The summed E-state index contributed by atoms with van der Waals surface area (Å²) in [6.45, 7) is 1.42. The summed E-state index contributed by atoms with van der Waals surface area (Å²) in [4.78, 5) is 34.3. The number of hydrogen-bond acceptors (Lipinski definition) is 7. The summed E-state index contributed by atoms with van der Waals surface area (Å²) in [6.07, 6.45) is 3.45. The van der Waals surface area contributed by atoms with Gasteiger partial charge in [-0.3, -0.25) is 19.6 Å². The van der Waals surface area contributed by atoms with E-state index in [0.717, 1.165) is 11.3 Å². The molecular weight excluding hydrogens is 350 g/mol. The number of aromatic amines is 1. The first-order chi connectivity index (χ1) is 13.1. The molecule has 27 heavy (non-hydrogen) atoms. The Balaban J connectivity index is 1.43. The molecule has 1 N–H and O–H groups in total. The summed E-state index contributed by atoms with van der Waals surface area (Å²) in [7, 11) is 1.31. The fourth-order valence-electron chi connectivity index (χ4n) is 2.94. The highest BCUT2D eigenvalue weighted by Gasteiger charge is 2.25. The largest absolute Gasteiger partial charge is 0.464 e. The van der Waals surface area contributed by atoms with Gasteiger partial charge in [-0.2, -0.15) is 10.2 Å². The van der Waals surface area contributed by atoms with E-state index in [4.69, 9.17) is 0 Å². The predicted molar refractivity (Wildman–Crippen MR) is 92.3 cm³/mol. The lowest BCUT2D eigenvalue weighted by atomic mass is 10.2. The van der Waals surface area contributed by atoms with E-state index in [1.54, 1.807) is 40.2 Å². The van der Waals surface area contributed by atoms with Gasteiger partial charge in [0.05, 0.1) is 32.3 Å². The standard InChI is InChI=1S/C17H17N7O3/c1-27-17(26)13-8-12-10-23(6-7-24(12)22-13)15(25)9-14-19-16(21-20-14)11-2-4-18-5-3-11/h2-5,8H,6-7,9-10H2,1H3,(H,19,20,21). The molecule has 0 bridgehead atoms. The minimum Gasteiger partial charge on any atom is -0.464 e. The molecule has 10 nitrogen and oxygen atoms in total. The Morgan fingerprint density at radius 2 is 2.07 bits per heavy atom. The van der Waals surface area contributed by atoms with Crippen molar-refractivity contribution in [2.45, 2.75) is 19.5 Å². The van der Waals surface area contributed by atoms with Crippen molar-refractivity contribution in [2.24, 2.45) is 0 Å². The maximum absolute atomic E-state index is 12.6. The lowest BCUT2D eigenvalue weighted by Gasteiger charge is -2.27. The van der Waals surface area contributed by atoms with Gasteiger partial charge >= 0.3 is 5.97 Å². The number of hydrogen-bond donors (Lipinski definition) is 1. The molecule has 1 aliphatic rings. The first-order valence-electron chi connectivity index (χ1n) is 8.38. The molecule has 138 valence electrons. The molecule has 3 aromatic heterocycles. The molecule has 0 aromatic carbocycles. The number of nitrogens with one attached hydrogen (secondary N) is 1. The Morgan fingerprint density at radius 3 is 2.85 bits per heavy atom. The van der Waals surface area contributed by atoms with E-state index in [1.165, 1.54) is 7.11 Å². The first kappa shape index (κ1) is 16.9. The molecule has 0 saturated heterocycles. The minimum atomic E-state index is -0.486. The molecule has 0 radical (unpaired) electrons. The number of rotatable bonds is 4. The molecule has 1 amide bonds. The zero-order valence-electron chi connectivity index (χ0n) is 14.6. The van der Waals surface area contributed by atoms with Gasteiger partial charge in [0, 0.05) is 24.5 Å². The number of amides is 1. The highest BCUT2D eigenvalue weighted by atomic mass is 16.5. The van der Waals surface area contributed by atoms with Crippen LogP contribution in [0.2, 0.25) is 0 Å². The summed E-state index contributed by atoms with van der Waals surface area (Å²) in [5.41, 5.74) is 1.88. The fraction of sp³-hybridized carbons (Fsp3) is 0.294. The van der Waals surface area contributed by atoms with Crippen LogP contribution in [0.4, 0.5) is 0 Å². The number of nitrogens with zero attached hydrogens (tertiary/aromatic N) is 6.